The van der Waals surface area contributed by atoms with Crippen LogP contribution in [-0.2, 0) is 16.0 Å². The third-order valence-electron chi connectivity index (χ3n) is 7.54. The van der Waals surface area contributed by atoms with Gasteiger partial charge in [-0.3, -0.25) is 10.0 Å². The zero-order chi connectivity index (χ0) is 34.1. The molecule has 1 aliphatic rings. The number of thioether (sulfide) groups is 1. The second kappa shape index (κ2) is 17.1. The largest absolute Gasteiger partial charge is 0.493 e. The van der Waals surface area contributed by atoms with Gasteiger partial charge >= 0.3 is 0 Å². The first kappa shape index (κ1) is 36.4. The molecule has 0 bridgehead atoms. The lowest BCUT2D eigenvalue weighted by molar-refractivity contribution is -0.151. The molecule has 12 heteroatoms. The standard InChI is InChI=1S/C35H39Cl2NO8S/c1-7-9-33(39)38(40)13-8-10-22-14-23(15-30(41-3)34(22)46-21(2)47-26-11-12-27(36)28(37)19-26)25-18-29(45-20-25)24-16-31(42-4)35(44-6)32(17-24)43-5/h11-12,14-17,19,21,25,29,40H,7,9-10,18,20H2,1-6H3. The van der Waals surface area contributed by atoms with Crippen LogP contribution in [0.1, 0.15) is 61.8 Å². The zero-order valence-electron chi connectivity index (χ0n) is 27.2. The first-order chi connectivity index (χ1) is 22.6. The van der Waals surface area contributed by atoms with Crippen LogP contribution in [0.3, 0.4) is 0 Å². The highest BCUT2D eigenvalue weighted by atomic mass is 35.5. The minimum atomic E-state index is -0.463. The summed E-state index contributed by atoms with van der Waals surface area (Å²) < 4.78 is 35.2. The van der Waals surface area contributed by atoms with Gasteiger partial charge in [0.05, 0.1) is 51.2 Å². The fourth-order valence-corrected chi connectivity index (χ4v) is 6.46. The van der Waals surface area contributed by atoms with Crippen molar-refractivity contribution in [3.63, 3.8) is 0 Å². The Kier molecular flexibility index (Phi) is 13.2. The van der Waals surface area contributed by atoms with Crippen molar-refractivity contribution in [1.82, 2.24) is 5.06 Å². The molecule has 0 radical (unpaired) electrons. The topological polar surface area (TPSA) is 95.9 Å². The molecule has 3 aromatic rings. The molecule has 3 unspecified atom stereocenters. The van der Waals surface area contributed by atoms with Gasteiger partial charge in [-0.25, -0.2) is 0 Å². The van der Waals surface area contributed by atoms with Gasteiger partial charge in [0.25, 0.3) is 5.91 Å². The van der Waals surface area contributed by atoms with Crippen LogP contribution in [0.25, 0.3) is 0 Å². The molecule has 9 nitrogen and oxygen atoms in total. The Bertz CT molecular complexity index is 1600. The zero-order valence-corrected chi connectivity index (χ0v) is 29.6. The second-order valence-corrected chi connectivity index (χ2v) is 12.9. The van der Waals surface area contributed by atoms with Gasteiger partial charge in [-0.05, 0) is 67.3 Å². The maximum absolute atomic E-state index is 12.1. The van der Waals surface area contributed by atoms with E-state index in [1.165, 1.54) is 11.8 Å². The van der Waals surface area contributed by atoms with E-state index < -0.39 is 5.91 Å². The number of methoxy groups -OCH3 is 4. The van der Waals surface area contributed by atoms with Crippen molar-refractivity contribution < 1.29 is 38.4 Å². The summed E-state index contributed by atoms with van der Waals surface area (Å²) in [6.07, 6.45) is 1.45. The monoisotopic (exact) mass is 703 g/mol. The summed E-state index contributed by atoms with van der Waals surface area (Å²) in [5, 5.41) is 11.5. The molecule has 0 aromatic heterocycles. The molecule has 1 fully saturated rings. The van der Waals surface area contributed by atoms with Crippen molar-refractivity contribution in [2.24, 2.45) is 0 Å². The number of rotatable bonds is 13. The number of carbonyl (C=O) groups excluding carboxylic acids is 1. The Morgan fingerprint density at radius 3 is 2.26 bits per heavy atom. The van der Waals surface area contributed by atoms with Crippen molar-refractivity contribution in [3.8, 4) is 40.7 Å². The van der Waals surface area contributed by atoms with Gasteiger partial charge in [-0.15, -0.1) is 5.06 Å². The third-order valence-corrected chi connectivity index (χ3v) is 9.24. The molecule has 1 saturated heterocycles. The predicted molar refractivity (Wildman–Crippen MR) is 183 cm³/mol. The van der Waals surface area contributed by atoms with Crippen LogP contribution in [0, 0.1) is 12.0 Å². The lowest BCUT2D eigenvalue weighted by Crippen LogP contribution is -2.21. The van der Waals surface area contributed by atoms with Gasteiger partial charge < -0.3 is 28.4 Å². The van der Waals surface area contributed by atoms with E-state index >= 15 is 0 Å². The Hall–Kier alpha value is -3.46. The normalized spacial score (nSPS) is 16.1. The Morgan fingerprint density at radius 1 is 0.979 bits per heavy atom. The smallest absolute Gasteiger partial charge is 0.258 e. The van der Waals surface area contributed by atoms with E-state index in [0.29, 0.717) is 63.3 Å². The summed E-state index contributed by atoms with van der Waals surface area (Å²) in [6.45, 7) is 4.24. The molecule has 0 aliphatic carbocycles. The maximum Gasteiger partial charge on any atom is 0.258 e. The molecule has 1 heterocycles. The van der Waals surface area contributed by atoms with Crippen molar-refractivity contribution in [3.05, 3.63) is 69.2 Å². The molecular weight excluding hydrogens is 665 g/mol. The maximum atomic E-state index is 12.1. The van der Waals surface area contributed by atoms with Crippen LogP contribution in [0.4, 0.5) is 0 Å². The molecule has 3 aromatic carbocycles. The summed E-state index contributed by atoms with van der Waals surface area (Å²) in [5.74, 6) is 5.15. The Morgan fingerprint density at radius 2 is 1.64 bits per heavy atom. The number of carbonyl (C=O) groups is 1. The fraction of sp³-hybridized carbons (Fsp3) is 0.400. The van der Waals surface area contributed by atoms with Gasteiger partial charge in [-0.2, -0.15) is 0 Å². The van der Waals surface area contributed by atoms with E-state index in [0.717, 1.165) is 21.6 Å². The SMILES string of the molecule is CCCC(=O)N(O)C#CCc1cc(C2COC(c3cc(OC)c(OC)c(OC)c3)C2)cc(OC)c1OC(C)Sc1ccc(Cl)c(Cl)c1. The summed E-state index contributed by atoms with van der Waals surface area (Å²) in [6, 6.07) is 15.7. The van der Waals surface area contributed by atoms with Gasteiger partial charge in [0, 0.05) is 35.3 Å². The molecule has 0 saturated carbocycles. The van der Waals surface area contributed by atoms with Crippen LogP contribution in [-0.4, -0.2) is 56.7 Å². The highest BCUT2D eigenvalue weighted by molar-refractivity contribution is 7.99. The number of ether oxygens (including phenoxy) is 6. The van der Waals surface area contributed by atoms with Crippen molar-refractivity contribution in [2.45, 2.75) is 61.9 Å². The molecular formula is C35H39Cl2NO8S. The first-order valence-corrected chi connectivity index (χ1v) is 16.7. The molecule has 252 valence electrons. The average molecular weight is 705 g/mol. The summed E-state index contributed by atoms with van der Waals surface area (Å²) in [7, 11) is 6.32. The number of halogens is 2. The quantitative estimate of drug-likeness (QED) is 0.0471. The van der Waals surface area contributed by atoms with Crippen molar-refractivity contribution in [2.75, 3.05) is 35.0 Å². The number of hydroxylamine groups is 2. The molecule has 0 spiro atoms. The minimum absolute atomic E-state index is 0.0252. The molecule has 1 amide bonds. The molecule has 3 atom stereocenters. The summed E-state index contributed by atoms with van der Waals surface area (Å²) in [5.41, 5.74) is 2.28. The summed E-state index contributed by atoms with van der Waals surface area (Å²) >= 11 is 13.8. The summed E-state index contributed by atoms with van der Waals surface area (Å²) in [4.78, 5) is 13.0. The van der Waals surface area contributed by atoms with E-state index in [2.05, 4.69) is 12.0 Å². The number of hydrogen-bond donors (Lipinski definition) is 1. The van der Waals surface area contributed by atoms with Crippen LogP contribution in [0.5, 0.6) is 28.7 Å². The molecule has 47 heavy (non-hydrogen) atoms. The average Bonchev–Trinajstić information content (AvgIpc) is 3.56. The minimum Gasteiger partial charge on any atom is -0.493 e. The first-order valence-electron chi connectivity index (χ1n) is 15.0. The Labute approximate surface area is 290 Å². The van der Waals surface area contributed by atoms with E-state index in [1.807, 2.05) is 44.2 Å². The van der Waals surface area contributed by atoms with Crippen molar-refractivity contribution >= 4 is 40.9 Å². The number of benzene rings is 3. The van der Waals surface area contributed by atoms with Gasteiger partial charge in [0.1, 0.15) is 5.44 Å². The highest BCUT2D eigenvalue weighted by Gasteiger charge is 2.31. The van der Waals surface area contributed by atoms with Crippen LogP contribution >= 0.6 is 35.0 Å². The van der Waals surface area contributed by atoms with Crippen molar-refractivity contribution in [1.29, 1.82) is 0 Å². The van der Waals surface area contributed by atoms with Crippen LogP contribution in [0.15, 0.2) is 47.4 Å². The number of hydrogen-bond acceptors (Lipinski definition) is 9. The highest BCUT2D eigenvalue weighted by Crippen LogP contribution is 2.46. The second-order valence-electron chi connectivity index (χ2n) is 10.7. The van der Waals surface area contributed by atoms with Crippen LogP contribution in [0.2, 0.25) is 10.0 Å². The van der Waals surface area contributed by atoms with Crippen LogP contribution < -0.4 is 23.7 Å². The van der Waals surface area contributed by atoms with Gasteiger partial charge in [0.2, 0.25) is 5.75 Å². The Balaban J connectivity index is 1.64. The predicted octanol–water partition coefficient (Wildman–Crippen LogP) is 8.31. The molecule has 4 rings (SSSR count). The lowest BCUT2D eigenvalue weighted by Gasteiger charge is -2.21. The van der Waals surface area contributed by atoms with E-state index in [4.69, 9.17) is 51.6 Å². The van der Waals surface area contributed by atoms with E-state index in [9.17, 15) is 10.0 Å². The fourth-order valence-electron chi connectivity index (χ4n) is 5.24. The third kappa shape index (κ3) is 9.12. The van der Waals surface area contributed by atoms with Gasteiger partial charge in [-0.1, -0.05) is 53.9 Å². The van der Waals surface area contributed by atoms with E-state index in [1.54, 1.807) is 40.6 Å². The molecule has 1 N–H and O–H groups in total. The van der Waals surface area contributed by atoms with Gasteiger partial charge in [0.15, 0.2) is 23.0 Å². The molecule has 1 aliphatic heterocycles. The number of nitrogens with zero attached hydrogens (tertiary/aromatic N) is 1. The number of amides is 1. The van der Waals surface area contributed by atoms with E-state index in [-0.39, 0.29) is 30.3 Å². The lowest BCUT2D eigenvalue weighted by atomic mass is 9.91.